The molecular formula is C24H33F3N4O2. The third-order valence-electron chi connectivity index (χ3n) is 6.80. The lowest BCUT2D eigenvalue weighted by molar-refractivity contribution is -0.137. The standard InChI is InChI=1S/C24H33F3N4O2/c25-24(26,27)19-8-9-21(31-11-2-1-3-12-31)20(13-19)29-22(32)16-30-10-4-5-18(15-30)23(33)28-14-17-6-7-17/h8-9,13,17-18H,1-7,10-12,14-16H2,(H,28,33)(H,29,32). The summed E-state index contributed by atoms with van der Waals surface area (Å²) in [5.74, 6) is 0.146. The number of hydrogen-bond donors (Lipinski definition) is 2. The molecule has 0 spiro atoms. The zero-order chi connectivity index (χ0) is 23.4. The Hall–Kier alpha value is -2.29. The number of carbonyl (C=O) groups excluding carboxylic acids is 2. The molecule has 1 aliphatic carbocycles. The Morgan fingerprint density at radius 3 is 2.45 bits per heavy atom. The van der Waals surface area contributed by atoms with Crippen molar-refractivity contribution in [2.24, 2.45) is 11.8 Å². The van der Waals surface area contributed by atoms with Gasteiger partial charge in [-0.15, -0.1) is 0 Å². The Balaban J connectivity index is 1.39. The quantitative estimate of drug-likeness (QED) is 0.640. The van der Waals surface area contributed by atoms with Gasteiger partial charge in [0, 0.05) is 26.2 Å². The lowest BCUT2D eigenvalue weighted by atomic mass is 9.97. The minimum atomic E-state index is -4.48. The largest absolute Gasteiger partial charge is 0.416 e. The predicted octanol–water partition coefficient (Wildman–Crippen LogP) is 3.87. The predicted molar refractivity (Wildman–Crippen MR) is 121 cm³/mol. The molecule has 6 nitrogen and oxygen atoms in total. The summed E-state index contributed by atoms with van der Waals surface area (Å²) >= 11 is 0. The Morgan fingerprint density at radius 2 is 1.76 bits per heavy atom. The van der Waals surface area contributed by atoms with Gasteiger partial charge in [-0.05, 0) is 75.6 Å². The Labute approximate surface area is 192 Å². The molecule has 1 atom stereocenters. The van der Waals surface area contributed by atoms with E-state index < -0.39 is 11.7 Å². The number of carbonyl (C=O) groups is 2. The highest BCUT2D eigenvalue weighted by atomic mass is 19.4. The first-order valence-electron chi connectivity index (χ1n) is 12.1. The molecule has 0 bridgehead atoms. The van der Waals surface area contributed by atoms with Crippen LogP contribution < -0.4 is 15.5 Å². The normalized spacial score (nSPS) is 22.2. The average Bonchev–Trinajstić information content (AvgIpc) is 3.62. The molecule has 2 saturated heterocycles. The summed E-state index contributed by atoms with van der Waals surface area (Å²) in [5, 5.41) is 5.75. The molecule has 2 heterocycles. The third kappa shape index (κ3) is 6.62. The number of halogens is 3. The molecule has 2 amide bonds. The van der Waals surface area contributed by atoms with E-state index in [-0.39, 0.29) is 30.0 Å². The van der Waals surface area contributed by atoms with E-state index in [2.05, 4.69) is 10.6 Å². The topological polar surface area (TPSA) is 64.7 Å². The van der Waals surface area contributed by atoms with Crippen LogP contribution in [-0.2, 0) is 15.8 Å². The van der Waals surface area contributed by atoms with Crippen molar-refractivity contribution in [1.29, 1.82) is 0 Å². The van der Waals surface area contributed by atoms with E-state index in [0.29, 0.717) is 24.7 Å². The number of benzene rings is 1. The van der Waals surface area contributed by atoms with E-state index in [9.17, 15) is 22.8 Å². The zero-order valence-corrected chi connectivity index (χ0v) is 18.9. The van der Waals surface area contributed by atoms with Gasteiger partial charge in [0.1, 0.15) is 0 Å². The minimum absolute atomic E-state index is 0.0391. The van der Waals surface area contributed by atoms with Crippen LogP contribution in [0.4, 0.5) is 24.5 Å². The van der Waals surface area contributed by atoms with E-state index >= 15 is 0 Å². The van der Waals surface area contributed by atoms with Gasteiger partial charge in [0.25, 0.3) is 0 Å². The molecule has 3 fully saturated rings. The van der Waals surface area contributed by atoms with Gasteiger partial charge >= 0.3 is 6.18 Å². The molecular weight excluding hydrogens is 433 g/mol. The SMILES string of the molecule is O=C(CN1CCCC(C(=O)NCC2CC2)C1)Nc1cc(C(F)(F)F)ccc1N1CCCCC1. The maximum atomic E-state index is 13.3. The van der Waals surface area contributed by atoms with Gasteiger partial charge in [0.15, 0.2) is 0 Å². The number of likely N-dealkylation sites (tertiary alicyclic amines) is 1. The molecule has 33 heavy (non-hydrogen) atoms. The van der Waals surface area contributed by atoms with Crippen molar-refractivity contribution in [2.45, 2.75) is 51.1 Å². The van der Waals surface area contributed by atoms with Gasteiger partial charge in [-0.25, -0.2) is 0 Å². The monoisotopic (exact) mass is 466 g/mol. The number of rotatable bonds is 7. The number of nitrogens with zero attached hydrogens (tertiary/aromatic N) is 2. The number of nitrogens with one attached hydrogen (secondary N) is 2. The van der Waals surface area contributed by atoms with Crippen LogP contribution in [0, 0.1) is 11.8 Å². The number of piperidine rings is 2. The highest BCUT2D eigenvalue weighted by Crippen LogP contribution is 2.36. The van der Waals surface area contributed by atoms with Gasteiger partial charge in [-0.2, -0.15) is 13.2 Å². The Bertz CT molecular complexity index is 851. The molecule has 1 aromatic carbocycles. The van der Waals surface area contributed by atoms with Crippen molar-refractivity contribution in [1.82, 2.24) is 10.2 Å². The third-order valence-corrected chi connectivity index (χ3v) is 6.80. The number of anilines is 2. The Kier molecular flexibility index (Phi) is 7.46. The van der Waals surface area contributed by atoms with Crippen molar-refractivity contribution in [2.75, 3.05) is 49.5 Å². The molecule has 2 aliphatic heterocycles. The highest BCUT2D eigenvalue weighted by molar-refractivity contribution is 5.96. The maximum Gasteiger partial charge on any atom is 0.416 e. The molecule has 1 saturated carbocycles. The second-order valence-corrected chi connectivity index (χ2v) is 9.59. The maximum absolute atomic E-state index is 13.3. The summed E-state index contributed by atoms with van der Waals surface area (Å²) in [4.78, 5) is 29.2. The van der Waals surface area contributed by atoms with Crippen LogP contribution >= 0.6 is 0 Å². The molecule has 0 radical (unpaired) electrons. The summed E-state index contributed by atoms with van der Waals surface area (Å²) in [6.45, 7) is 3.50. The molecule has 2 N–H and O–H groups in total. The number of hydrogen-bond acceptors (Lipinski definition) is 4. The summed E-state index contributed by atoms with van der Waals surface area (Å²) in [6.07, 6.45) is 2.53. The summed E-state index contributed by atoms with van der Waals surface area (Å²) in [6, 6.07) is 3.58. The molecule has 9 heteroatoms. The minimum Gasteiger partial charge on any atom is -0.370 e. The first-order valence-corrected chi connectivity index (χ1v) is 12.1. The lowest BCUT2D eigenvalue weighted by Gasteiger charge is -2.32. The van der Waals surface area contributed by atoms with E-state index in [0.717, 1.165) is 63.9 Å². The zero-order valence-electron chi connectivity index (χ0n) is 18.9. The van der Waals surface area contributed by atoms with Crippen molar-refractivity contribution < 1.29 is 22.8 Å². The van der Waals surface area contributed by atoms with E-state index in [4.69, 9.17) is 0 Å². The smallest absolute Gasteiger partial charge is 0.370 e. The van der Waals surface area contributed by atoms with Crippen LogP contribution in [0.1, 0.15) is 50.5 Å². The number of amides is 2. The number of alkyl halides is 3. The fourth-order valence-corrected chi connectivity index (χ4v) is 4.74. The van der Waals surface area contributed by atoms with Gasteiger partial charge < -0.3 is 15.5 Å². The molecule has 182 valence electrons. The van der Waals surface area contributed by atoms with Crippen molar-refractivity contribution >= 4 is 23.2 Å². The second kappa shape index (κ2) is 10.3. The van der Waals surface area contributed by atoms with Crippen LogP contribution in [0.5, 0.6) is 0 Å². The van der Waals surface area contributed by atoms with Crippen LogP contribution in [0.3, 0.4) is 0 Å². The summed E-state index contributed by atoms with van der Waals surface area (Å²) in [5.41, 5.74) is 0.0587. The summed E-state index contributed by atoms with van der Waals surface area (Å²) in [7, 11) is 0. The van der Waals surface area contributed by atoms with Crippen molar-refractivity contribution in [3.05, 3.63) is 23.8 Å². The lowest BCUT2D eigenvalue weighted by Crippen LogP contribution is -2.45. The van der Waals surface area contributed by atoms with Crippen LogP contribution in [-0.4, -0.2) is 56.0 Å². The second-order valence-electron chi connectivity index (χ2n) is 9.59. The van der Waals surface area contributed by atoms with Gasteiger partial charge in [0.05, 0.1) is 29.4 Å². The fourth-order valence-electron chi connectivity index (χ4n) is 4.74. The van der Waals surface area contributed by atoms with E-state index in [1.807, 2.05) is 9.80 Å². The van der Waals surface area contributed by atoms with Crippen LogP contribution in [0.2, 0.25) is 0 Å². The van der Waals surface area contributed by atoms with Crippen molar-refractivity contribution in [3.63, 3.8) is 0 Å². The molecule has 3 aliphatic rings. The van der Waals surface area contributed by atoms with E-state index in [1.165, 1.54) is 18.9 Å². The van der Waals surface area contributed by atoms with Crippen LogP contribution in [0.25, 0.3) is 0 Å². The Morgan fingerprint density at radius 1 is 1.00 bits per heavy atom. The van der Waals surface area contributed by atoms with Gasteiger partial charge in [-0.1, -0.05) is 0 Å². The average molecular weight is 467 g/mol. The molecule has 1 aromatic rings. The highest BCUT2D eigenvalue weighted by Gasteiger charge is 2.32. The van der Waals surface area contributed by atoms with Gasteiger partial charge in [-0.3, -0.25) is 14.5 Å². The van der Waals surface area contributed by atoms with Gasteiger partial charge in [0.2, 0.25) is 11.8 Å². The summed E-state index contributed by atoms with van der Waals surface area (Å²) < 4.78 is 39.9. The van der Waals surface area contributed by atoms with E-state index in [1.54, 1.807) is 0 Å². The van der Waals surface area contributed by atoms with Crippen LogP contribution in [0.15, 0.2) is 18.2 Å². The fraction of sp³-hybridized carbons (Fsp3) is 0.667. The first-order chi connectivity index (χ1) is 15.8. The first kappa shape index (κ1) is 23.9. The molecule has 0 aromatic heterocycles. The molecule has 4 rings (SSSR count). The molecule has 1 unspecified atom stereocenters. The van der Waals surface area contributed by atoms with Crippen molar-refractivity contribution in [3.8, 4) is 0 Å².